The largest absolute Gasteiger partial charge is 0.445 e. The van der Waals surface area contributed by atoms with Gasteiger partial charge in [0.25, 0.3) is 5.69 Å². The number of ether oxygens (including phenoxy) is 1. The summed E-state index contributed by atoms with van der Waals surface area (Å²) in [5.41, 5.74) is 6.67. The van der Waals surface area contributed by atoms with Gasteiger partial charge in [0.2, 0.25) is 5.78 Å². The third-order valence-electron chi connectivity index (χ3n) is 4.88. The minimum absolute atomic E-state index is 0.0731. The number of nitrogens with two attached hydrogens (primary N) is 1. The molecule has 154 valence electrons. The first-order valence-corrected chi connectivity index (χ1v) is 9.36. The zero-order valence-corrected chi connectivity index (χ0v) is 16.1. The maximum Gasteiger partial charge on any atom is 0.339 e. The van der Waals surface area contributed by atoms with Gasteiger partial charge in [0.1, 0.15) is 5.69 Å². The smallest absolute Gasteiger partial charge is 0.339 e. The van der Waals surface area contributed by atoms with Gasteiger partial charge in [0, 0.05) is 34.3 Å². The monoisotopic (exact) mass is 415 g/mol. The van der Waals surface area contributed by atoms with Gasteiger partial charge < -0.3 is 15.5 Å². The van der Waals surface area contributed by atoms with Crippen LogP contribution in [-0.4, -0.2) is 21.7 Å². The standard InChI is InChI=1S/C23H17N3O5/c24-18-11-10-15(12-20(18)26(29)30)23(28)31-22(14-6-2-1-3-7-14)21(27)17-13-25-19-9-5-4-8-16(17)19/h1-13,22,25H,24H2. The number of aromatic amines is 1. The number of Topliss-reactive ketones (excluding diaryl/α,β-unsaturated/α-hetero) is 1. The van der Waals surface area contributed by atoms with Gasteiger partial charge in [-0.2, -0.15) is 0 Å². The third kappa shape index (κ3) is 3.86. The lowest BCUT2D eigenvalue weighted by Crippen LogP contribution is -2.20. The molecule has 8 nitrogen and oxygen atoms in total. The molecule has 0 saturated heterocycles. The number of para-hydroxylation sites is 1. The van der Waals surface area contributed by atoms with Crippen molar-refractivity contribution in [3.05, 3.63) is 106 Å². The first-order valence-electron chi connectivity index (χ1n) is 9.36. The van der Waals surface area contributed by atoms with Gasteiger partial charge in [-0.05, 0) is 18.2 Å². The number of nitrogens with one attached hydrogen (secondary N) is 1. The fourth-order valence-electron chi connectivity index (χ4n) is 3.32. The molecule has 3 aromatic carbocycles. The van der Waals surface area contributed by atoms with E-state index in [1.807, 2.05) is 18.2 Å². The van der Waals surface area contributed by atoms with Crippen LogP contribution in [0.3, 0.4) is 0 Å². The number of ketones is 1. The molecule has 0 aliphatic heterocycles. The molecule has 8 heteroatoms. The van der Waals surface area contributed by atoms with E-state index in [2.05, 4.69) is 4.98 Å². The molecule has 1 unspecified atom stereocenters. The van der Waals surface area contributed by atoms with Gasteiger partial charge >= 0.3 is 5.97 Å². The van der Waals surface area contributed by atoms with Crippen molar-refractivity contribution in [1.29, 1.82) is 0 Å². The molecule has 31 heavy (non-hydrogen) atoms. The number of hydrogen-bond donors (Lipinski definition) is 2. The summed E-state index contributed by atoms with van der Waals surface area (Å²) >= 11 is 0. The summed E-state index contributed by atoms with van der Waals surface area (Å²) < 4.78 is 5.57. The Hall–Kier alpha value is -4.46. The fourth-order valence-corrected chi connectivity index (χ4v) is 3.32. The van der Waals surface area contributed by atoms with Crippen LogP contribution in [-0.2, 0) is 4.74 Å². The van der Waals surface area contributed by atoms with Crippen molar-refractivity contribution >= 4 is 34.0 Å². The first-order chi connectivity index (χ1) is 15.0. The van der Waals surface area contributed by atoms with Gasteiger partial charge in [-0.25, -0.2) is 4.79 Å². The van der Waals surface area contributed by atoms with Gasteiger partial charge in [-0.3, -0.25) is 14.9 Å². The Morgan fingerprint density at radius 3 is 2.45 bits per heavy atom. The molecule has 0 aliphatic carbocycles. The molecule has 0 bridgehead atoms. The molecule has 0 aliphatic rings. The van der Waals surface area contributed by atoms with Gasteiger partial charge in [-0.15, -0.1) is 0 Å². The molecule has 0 amide bonds. The van der Waals surface area contributed by atoms with Gasteiger partial charge in [0.05, 0.1) is 10.5 Å². The van der Waals surface area contributed by atoms with E-state index in [1.54, 1.807) is 42.6 Å². The number of fused-ring (bicyclic) bond motifs is 1. The molecule has 1 aromatic heterocycles. The number of benzene rings is 3. The SMILES string of the molecule is Nc1ccc(C(=O)OC(C(=O)c2c[nH]c3ccccc23)c2ccccc2)cc1[N+](=O)[O-]. The molecular weight excluding hydrogens is 398 g/mol. The molecule has 1 atom stereocenters. The number of rotatable bonds is 6. The van der Waals surface area contributed by atoms with E-state index in [4.69, 9.17) is 10.5 Å². The summed E-state index contributed by atoms with van der Waals surface area (Å²) in [5, 5.41) is 11.8. The van der Waals surface area contributed by atoms with Crippen LogP contribution in [0.25, 0.3) is 10.9 Å². The fraction of sp³-hybridized carbons (Fsp3) is 0.0435. The van der Waals surface area contributed by atoms with E-state index < -0.39 is 28.5 Å². The van der Waals surface area contributed by atoms with Crippen molar-refractivity contribution in [1.82, 2.24) is 4.98 Å². The normalized spacial score (nSPS) is 11.7. The van der Waals surface area contributed by atoms with E-state index in [0.29, 0.717) is 16.5 Å². The highest BCUT2D eigenvalue weighted by Crippen LogP contribution is 2.29. The van der Waals surface area contributed by atoms with Crippen molar-refractivity contribution < 1.29 is 19.2 Å². The summed E-state index contributed by atoms with van der Waals surface area (Å²) in [7, 11) is 0. The molecule has 0 fully saturated rings. The van der Waals surface area contributed by atoms with Gasteiger partial charge in [0.15, 0.2) is 6.10 Å². The van der Waals surface area contributed by atoms with E-state index >= 15 is 0 Å². The Balaban J connectivity index is 1.71. The molecule has 4 aromatic rings. The molecule has 0 radical (unpaired) electrons. The molecule has 0 saturated carbocycles. The molecule has 1 heterocycles. The number of carbonyl (C=O) groups excluding carboxylic acids is 2. The maximum atomic E-state index is 13.4. The number of anilines is 1. The number of nitro benzene ring substituents is 1. The Labute approximate surface area is 176 Å². The van der Waals surface area contributed by atoms with E-state index in [-0.39, 0.29) is 11.3 Å². The Morgan fingerprint density at radius 1 is 1.00 bits per heavy atom. The van der Waals surface area contributed by atoms with Crippen LogP contribution in [0.5, 0.6) is 0 Å². The summed E-state index contributed by atoms with van der Waals surface area (Å²) in [6, 6.07) is 19.5. The molecule has 3 N–H and O–H groups in total. The highest BCUT2D eigenvalue weighted by molar-refractivity contribution is 6.11. The summed E-state index contributed by atoms with van der Waals surface area (Å²) in [6.45, 7) is 0. The average Bonchev–Trinajstić information content (AvgIpc) is 3.22. The van der Waals surface area contributed by atoms with Crippen molar-refractivity contribution in [2.75, 3.05) is 5.73 Å². The summed E-state index contributed by atoms with van der Waals surface area (Å²) in [5.74, 6) is -1.29. The Bertz CT molecular complexity index is 1300. The average molecular weight is 415 g/mol. The number of esters is 1. The number of H-pyrrole nitrogens is 1. The Morgan fingerprint density at radius 2 is 1.71 bits per heavy atom. The van der Waals surface area contributed by atoms with Crippen LogP contribution in [0.15, 0.2) is 79.0 Å². The second-order valence-electron chi connectivity index (χ2n) is 6.84. The minimum Gasteiger partial charge on any atom is -0.445 e. The number of nitrogen functional groups attached to an aromatic ring is 1. The topological polar surface area (TPSA) is 128 Å². The van der Waals surface area contributed by atoms with Crippen molar-refractivity contribution in [2.24, 2.45) is 0 Å². The van der Waals surface area contributed by atoms with Crippen LogP contribution in [0.2, 0.25) is 0 Å². The number of nitrogens with zero attached hydrogens (tertiary/aromatic N) is 1. The number of hydrogen-bond acceptors (Lipinski definition) is 6. The lowest BCUT2D eigenvalue weighted by atomic mass is 9.99. The minimum atomic E-state index is -1.23. The van der Waals surface area contributed by atoms with Crippen LogP contribution >= 0.6 is 0 Å². The van der Waals surface area contributed by atoms with Crippen molar-refractivity contribution in [2.45, 2.75) is 6.10 Å². The number of aromatic nitrogens is 1. The lowest BCUT2D eigenvalue weighted by Gasteiger charge is -2.17. The predicted molar refractivity (Wildman–Crippen MR) is 115 cm³/mol. The Kier molecular flexibility index (Phi) is 5.19. The highest BCUT2D eigenvalue weighted by atomic mass is 16.6. The predicted octanol–water partition coefficient (Wildman–Crippen LogP) is 4.44. The highest BCUT2D eigenvalue weighted by Gasteiger charge is 2.29. The zero-order valence-electron chi connectivity index (χ0n) is 16.1. The molecular formula is C23H17N3O5. The van der Waals surface area contributed by atoms with Gasteiger partial charge in [-0.1, -0.05) is 48.5 Å². The maximum absolute atomic E-state index is 13.4. The molecule has 0 spiro atoms. The van der Waals surface area contributed by atoms with Crippen LogP contribution in [0.4, 0.5) is 11.4 Å². The number of carbonyl (C=O) groups is 2. The quantitative estimate of drug-likeness (QED) is 0.157. The van der Waals surface area contributed by atoms with E-state index in [9.17, 15) is 19.7 Å². The summed E-state index contributed by atoms with van der Waals surface area (Å²) in [4.78, 5) is 39.7. The lowest BCUT2D eigenvalue weighted by molar-refractivity contribution is -0.383. The van der Waals surface area contributed by atoms with Crippen LogP contribution < -0.4 is 5.73 Å². The number of nitro groups is 1. The second-order valence-corrected chi connectivity index (χ2v) is 6.84. The van der Waals surface area contributed by atoms with Crippen LogP contribution in [0.1, 0.15) is 32.4 Å². The first kappa shape index (κ1) is 19.8. The van der Waals surface area contributed by atoms with E-state index in [1.165, 1.54) is 12.1 Å². The van der Waals surface area contributed by atoms with Crippen molar-refractivity contribution in [3.63, 3.8) is 0 Å². The van der Waals surface area contributed by atoms with E-state index in [0.717, 1.165) is 11.6 Å². The van der Waals surface area contributed by atoms with Crippen molar-refractivity contribution in [3.8, 4) is 0 Å². The van der Waals surface area contributed by atoms with Crippen LogP contribution in [0, 0.1) is 10.1 Å². The molecule has 4 rings (SSSR count). The summed E-state index contributed by atoms with van der Waals surface area (Å²) in [6.07, 6.45) is 0.342. The second kappa shape index (κ2) is 8.11. The third-order valence-corrected chi connectivity index (χ3v) is 4.88. The zero-order chi connectivity index (χ0) is 22.0.